The van der Waals surface area contributed by atoms with Gasteiger partial charge in [0.1, 0.15) is 23.0 Å². The Morgan fingerprint density at radius 2 is 1.93 bits per heavy atom. The third-order valence-electron chi connectivity index (χ3n) is 4.30. The van der Waals surface area contributed by atoms with Gasteiger partial charge in [-0.2, -0.15) is 10.5 Å². The molecular weight excluding hydrogens is 404 g/mol. The van der Waals surface area contributed by atoms with Gasteiger partial charge in [-0.3, -0.25) is 9.32 Å². The molecule has 3 aromatic rings. The second-order valence-corrected chi connectivity index (χ2v) is 7.52. The summed E-state index contributed by atoms with van der Waals surface area (Å²) in [5.74, 6) is -0.846. The van der Waals surface area contributed by atoms with Crippen LogP contribution in [0.2, 0.25) is 0 Å². The second kappa shape index (κ2) is 8.64. The normalized spacial score (nSPS) is 10.6. The summed E-state index contributed by atoms with van der Waals surface area (Å²) in [6.45, 7) is 3.67. The van der Waals surface area contributed by atoms with Crippen molar-refractivity contribution in [3.05, 3.63) is 63.1 Å². The number of aromatic amines is 1. The molecule has 0 radical (unpaired) electrons. The van der Waals surface area contributed by atoms with E-state index in [0.29, 0.717) is 11.3 Å². The summed E-state index contributed by atoms with van der Waals surface area (Å²) in [5, 5.41) is 21.7. The van der Waals surface area contributed by atoms with Crippen LogP contribution < -0.4 is 16.0 Å². The predicted octanol–water partition coefficient (Wildman–Crippen LogP) is 2.06. The number of pyridine rings is 1. The fourth-order valence-corrected chi connectivity index (χ4v) is 3.85. The fourth-order valence-electron chi connectivity index (χ4n) is 2.98. The number of hydrogen-bond donors (Lipinski definition) is 2. The number of benzene rings is 1. The van der Waals surface area contributed by atoms with E-state index in [0.717, 1.165) is 11.8 Å². The molecule has 0 aliphatic carbocycles. The van der Waals surface area contributed by atoms with Crippen molar-refractivity contribution in [2.75, 3.05) is 11.5 Å². The third kappa shape index (κ3) is 3.81. The van der Waals surface area contributed by atoms with Crippen LogP contribution in [-0.4, -0.2) is 21.8 Å². The Morgan fingerprint density at radius 1 is 1.27 bits per heavy atom. The number of aromatic nitrogens is 3. The van der Waals surface area contributed by atoms with Gasteiger partial charge in [0.15, 0.2) is 0 Å². The van der Waals surface area contributed by atoms with Gasteiger partial charge < -0.3 is 5.73 Å². The van der Waals surface area contributed by atoms with Crippen LogP contribution in [0.25, 0.3) is 5.69 Å². The summed E-state index contributed by atoms with van der Waals surface area (Å²) in [6.07, 6.45) is 0. The van der Waals surface area contributed by atoms with E-state index in [-0.39, 0.29) is 39.3 Å². The van der Waals surface area contributed by atoms with Crippen LogP contribution >= 0.6 is 11.8 Å². The lowest BCUT2D eigenvalue weighted by Gasteiger charge is -2.14. The van der Waals surface area contributed by atoms with Gasteiger partial charge in [0.2, 0.25) is 11.5 Å². The number of nitrogens with one attached hydrogen (secondary N) is 1. The second-order valence-electron chi connectivity index (χ2n) is 6.56. The van der Waals surface area contributed by atoms with Gasteiger partial charge in [0.25, 0.3) is 0 Å². The highest BCUT2D eigenvalue weighted by Crippen LogP contribution is 2.33. The van der Waals surface area contributed by atoms with Crippen LogP contribution in [0.1, 0.15) is 46.9 Å². The zero-order chi connectivity index (χ0) is 21.8. The lowest BCUT2D eigenvalue weighted by molar-refractivity contribution is -0.672. The number of thioether (sulfide) groups is 1. The van der Waals surface area contributed by atoms with E-state index >= 15 is 0 Å². The van der Waals surface area contributed by atoms with Crippen LogP contribution in [-0.2, 0) is 0 Å². The van der Waals surface area contributed by atoms with Gasteiger partial charge in [-0.05, 0) is 21.4 Å². The van der Waals surface area contributed by atoms with Gasteiger partial charge in [-0.15, -0.1) is 0 Å². The molecule has 0 bridgehead atoms. The summed E-state index contributed by atoms with van der Waals surface area (Å²) in [5.41, 5.74) is 6.32. The number of para-hydroxylation sites is 1. The Morgan fingerprint density at radius 3 is 2.53 bits per heavy atom. The molecule has 0 spiro atoms. The molecule has 2 aromatic heterocycles. The quantitative estimate of drug-likeness (QED) is 0.348. The number of ketones is 1. The molecule has 1 aromatic carbocycles. The molecule has 2 heterocycles. The number of nitriles is 2. The first kappa shape index (κ1) is 20.8. The van der Waals surface area contributed by atoms with Crippen molar-refractivity contribution in [1.82, 2.24) is 10.3 Å². The maximum atomic E-state index is 12.8. The van der Waals surface area contributed by atoms with E-state index in [9.17, 15) is 20.1 Å². The van der Waals surface area contributed by atoms with Crippen molar-refractivity contribution < 1.29 is 14.0 Å². The minimum absolute atomic E-state index is 0.00402. The third-order valence-corrected chi connectivity index (χ3v) is 5.27. The first-order valence-corrected chi connectivity index (χ1v) is 9.86. The topological polar surface area (TPSA) is 153 Å². The minimum Gasteiger partial charge on any atom is -0.383 e. The number of carbonyl (C=O) groups excluding carboxylic acids is 1. The van der Waals surface area contributed by atoms with Gasteiger partial charge >= 0.3 is 11.3 Å². The van der Waals surface area contributed by atoms with Crippen LogP contribution in [0, 0.1) is 22.7 Å². The number of carbonyl (C=O) groups is 1. The number of nitrogen functional groups attached to an aromatic ring is 1. The average Bonchev–Trinajstić information content (AvgIpc) is 3.13. The highest BCUT2D eigenvalue weighted by Gasteiger charge is 2.31. The molecule has 30 heavy (non-hydrogen) atoms. The summed E-state index contributed by atoms with van der Waals surface area (Å²) >= 11 is 0.975. The molecule has 0 unspecified atom stereocenters. The molecule has 0 saturated carbocycles. The molecule has 0 aliphatic heterocycles. The van der Waals surface area contributed by atoms with Gasteiger partial charge in [0, 0.05) is 12.1 Å². The molecule has 0 fully saturated rings. The smallest absolute Gasteiger partial charge is 0.383 e. The molecule has 9 nitrogen and oxygen atoms in total. The number of rotatable bonds is 6. The largest absolute Gasteiger partial charge is 0.438 e. The Kier molecular flexibility index (Phi) is 6.00. The number of Topliss-reactive ketones (excluding diaryl/α,β-unsaturated/α-hetero) is 1. The van der Waals surface area contributed by atoms with Gasteiger partial charge in [0.05, 0.1) is 16.9 Å². The average molecular weight is 421 g/mol. The highest BCUT2D eigenvalue weighted by molar-refractivity contribution is 8.00. The molecule has 10 heteroatoms. The monoisotopic (exact) mass is 421 g/mol. The molecule has 150 valence electrons. The molecule has 3 N–H and O–H groups in total. The summed E-state index contributed by atoms with van der Waals surface area (Å²) in [6, 6.07) is 12.8. The standard InChI is InChI=1S/C20H16N6O3S/c1-11(2)16-13(8-21)18(23)24-19(14(16)9-22)30-10-15(27)17-20(28)29-25-26(17)12-6-4-3-5-7-12/h3-7,11H,10H2,1-2H3,(H2-,23,24,25,27,28)/p+1. The van der Waals surface area contributed by atoms with Gasteiger partial charge in [-0.25, -0.2) is 9.78 Å². The number of nitrogens with two attached hydrogens (primary N) is 1. The van der Waals surface area contributed by atoms with E-state index in [1.54, 1.807) is 30.3 Å². The maximum Gasteiger partial charge on any atom is 0.438 e. The van der Waals surface area contributed by atoms with Gasteiger partial charge in [-0.1, -0.05) is 43.8 Å². The number of H-pyrrole nitrogens is 1. The van der Waals surface area contributed by atoms with Crippen molar-refractivity contribution in [2.45, 2.75) is 24.8 Å². The number of anilines is 1. The predicted molar refractivity (Wildman–Crippen MR) is 108 cm³/mol. The number of nitrogens with zero attached hydrogens (tertiary/aromatic N) is 4. The fraction of sp³-hybridized carbons (Fsp3) is 0.200. The summed E-state index contributed by atoms with van der Waals surface area (Å²) in [7, 11) is 0. The Balaban J connectivity index is 1.96. The molecule has 0 amide bonds. The van der Waals surface area contributed by atoms with Crippen molar-refractivity contribution in [3.8, 4) is 17.8 Å². The Hall–Kier alpha value is -3.89. The van der Waals surface area contributed by atoms with Crippen LogP contribution in [0.15, 0.2) is 44.7 Å². The lowest BCUT2D eigenvalue weighted by Crippen LogP contribution is -2.41. The molecule has 3 rings (SSSR count). The zero-order valence-electron chi connectivity index (χ0n) is 16.2. The molecule has 0 atom stereocenters. The van der Waals surface area contributed by atoms with Crippen molar-refractivity contribution in [3.63, 3.8) is 0 Å². The highest BCUT2D eigenvalue weighted by atomic mass is 32.2. The molecule has 0 saturated heterocycles. The van der Waals surface area contributed by atoms with E-state index in [2.05, 4.69) is 16.3 Å². The number of hydrogen-bond acceptors (Lipinski definition) is 8. The van der Waals surface area contributed by atoms with Crippen molar-refractivity contribution in [1.29, 1.82) is 10.5 Å². The Bertz CT molecular complexity index is 1250. The molecule has 0 aliphatic rings. The first-order chi connectivity index (χ1) is 14.4. The van der Waals surface area contributed by atoms with Crippen LogP contribution in [0.5, 0.6) is 0 Å². The summed E-state index contributed by atoms with van der Waals surface area (Å²) < 4.78 is 6.06. The first-order valence-electron chi connectivity index (χ1n) is 8.87. The lowest BCUT2D eigenvalue weighted by atomic mass is 9.94. The summed E-state index contributed by atoms with van der Waals surface area (Å²) in [4.78, 5) is 29.0. The minimum atomic E-state index is -0.805. The van der Waals surface area contributed by atoms with E-state index in [4.69, 9.17) is 10.3 Å². The Labute approximate surface area is 175 Å². The maximum absolute atomic E-state index is 12.8. The van der Waals surface area contributed by atoms with Crippen molar-refractivity contribution >= 4 is 23.4 Å². The SMILES string of the molecule is CC(C)c1c(C#N)c(N)nc(SCC(=O)c2c(=O)o[nH][n+]2-c2ccccc2)c1C#N. The van der Waals surface area contributed by atoms with E-state index in [1.807, 2.05) is 19.9 Å². The molecular formula is C20H17N6O3S+. The van der Waals surface area contributed by atoms with Crippen LogP contribution in [0.4, 0.5) is 5.82 Å². The van der Waals surface area contributed by atoms with E-state index < -0.39 is 11.4 Å². The van der Waals surface area contributed by atoms with E-state index in [1.165, 1.54) is 4.68 Å². The van der Waals surface area contributed by atoms with Crippen molar-refractivity contribution in [2.24, 2.45) is 0 Å². The zero-order valence-corrected chi connectivity index (χ0v) is 17.0. The van der Waals surface area contributed by atoms with Crippen LogP contribution in [0.3, 0.4) is 0 Å².